The van der Waals surface area contributed by atoms with Gasteiger partial charge in [0.2, 0.25) is 0 Å². The van der Waals surface area contributed by atoms with Crippen molar-refractivity contribution in [3.05, 3.63) is 0 Å². The molecule has 7 heavy (non-hydrogen) atoms. The standard InChI is InChI=1S/C5H12O2/c1-3-5(2)7-4-6/h5-6H,3-4H2,1-2H3/t5-/m0/s1. The highest BCUT2D eigenvalue weighted by molar-refractivity contribution is 4.39. The van der Waals surface area contributed by atoms with Crippen LogP contribution in [0.1, 0.15) is 20.3 Å². The molecule has 0 rings (SSSR count). The maximum atomic E-state index is 8.15. The smallest absolute Gasteiger partial charge is 0.143 e. The molecular formula is C5H12O2. The Balaban J connectivity index is 2.83. The van der Waals surface area contributed by atoms with Crippen molar-refractivity contribution in [1.29, 1.82) is 0 Å². The number of aliphatic hydroxyl groups excluding tert-OH is 1. The summed E-state index contributed by atoms with van der Waals surface area (Å²) in [5, 5.41) is 8.15. The molecule has 1 N–H and O–H groups in total. The van der Waals surface area contributed by atoms with E-state index in [9.17, 15) is 0 Å². The highest BCUT2D eigenvalue weighted by Crippen LogP contribution is 1.92. The van der Waals surface area contributed by atoms with Gasteiger partial charge in [-0.25, -0.2) is 0 Å². The Morgan fingerprint density at radius 3 is 2.43 bits per heavy atom. The van der Waals surface area contributed by atoms with Crippen LogP contribution >= 0.6 is 0 Å². The lowest BCUT2D eigenvalue weighted by molar-refractivity contribution is -0.0432. The van der Waals surface area contributed by atoms with Gasteiger partial charge in [0.1, 0.15) is 6.79 Å². The van der Waals surface area contributed by atoms with E-state index in [1.807, 2.05) is 13.8 Å². The van der Waals surface area contributed by atoms with Crippen molar-refractivity contribution in [2.24, 2.45) is 0 Å². The summed E-state index contributed by atoms with van der Waals surface area (Å²) in [4.78, 5) is 0. The Bertz CT molecular complexity index is 37.1. The molecule has 2 nitrogen and oxygen atoms in total. The topological polar surface area (TPSA) is 29.5 Å². The van der Waals surface area contributed by atoms with E-state index in [1.54, 1.807) is 0 Å². The summed E-state index contributed by atoms with van der Waals surface area (Å²) in [5.41, 5.74) is 0. The average molecular weight is 104 g/mol. The van der Waals surface area contributed by atoms with Gasteiger partial charge in [-0.05, 0) is 13.3 Å². The highest BCUT2D eigenvalue weighted by Gasteiger charge is 1.92. The summed E-state index contributed by atoms with van der Waals surface area (Å²) in [6.45, 7) is 3.78. The van der Waals surface area contributed by atoms with Gasteiger partial charge in [0.05, 0.1) is 6.10 Å². The minimum absolute atomic E-state index is 0.158. The molecule has 0 aliphatic rings. The number of hydrogen-bond acceptors (Lipinski definition) is 2. The van der Waals surface area contributed by atoms with E-state index in [2.05, 4.69) is 0 Å². The predicted octanol–water partition coefficient (Wildman–Crippen LogP) is 0.751. The van der Waals surface area contributed by atoms with Crippen molar-refractivity contribution in [2.45, 2.75) is 26.4 Å². The molecule has 0 aromatic rings. The summed E-state index contributed by atoms with van der Waals surface area (Å²) >= 11 is 0. The molecule has 0 bridgehead atoms. The fourth-order valence-corrected chi connectivity index (χ4v) is 0.245. The quantitative estimate of drug-likeness (QED) is 0.535. The monoisotopic (exact) mass is 104 g/mol. The highest BCUT2D eigenvalue weighted by atomic mass is 16.6. The van der Waals surface area contributed by atoms with E-state index in [0.717, 1.165) is 6.42 Å². The van der Waals surface area contributed by atoms with Gasteiger partial charge in [0, 0.05) is 0 Å². The molecule has 0 radical (unpaired) electrons. The van der Waals surface area contributed by atoms with Crippen LogP contribution in [0.2, 0.25) is 0 Å². The Morgan fingerprint density at radius 2 is 2.29 bits per heavy atom. The molecule has 0 aromatic heterocycles. The largest absolute Gasteiger partial charge is 0.371 e. The van der Waals surface area contributed by atoms with Gasteiger partial charge in [-0.15, -0.1) is 0 Å². The van der Waals surface area contributed by atoms with E-state index < -0.39 is 0 Å². The molecule has 0 amide bonds. The predicted molar refractivity (Wildman–Crippen MR) is 27.9 cm³/mol. The zero-order chi connectivity index (χ0) is 5.70. The van der Waals surface area contributed by atoms with Crippen molar-refractivity contribution >= 4 is 0 Å². The minimum atomic E-state index is -0.158. The second-order valence-corrected chi connectivity index (χ2v) is 1.51. The van der Waals surface area contributed by atoms with Gasteiger partial charge >= 0.3 is 0 Å². The molecule has 0 saturated carbocycles. The van der Waals surface area contributed by atoms with Gasteiger partial charge < -0.3 is 9.84 Å². The first-order valence-corrected chi connectivity index (χ1v) is 2.53. The zero-order valence-corrected chi connectivity index (χ0v) is 4.85. The van der Waals surface area contributed by atoms with Crippen LogP contribution in [0.4, 0.5) is 0 Å². The first-order chi connectivity index (χ1) is 3.31. The maximum Gasteiger partial charge on any atom is 0.143 e. The summed E-state index contributed by atoms with van der Waals surface area (Å²) in [6, 6.07) is 0. The van der Waals surface area contributed by atoms with Crippen LogP contribution in [0.15, 0.2) is 0 Å². The second kappa shape index (κ2) is 4.09. The van der Waals surface area contributed by atoms with Gasteiger partial charge in [-0.1, -0.05) is 6.92 Å². The van der Waals surface area contributed by atoms with Crippen LogP contribution in [-0.2, 0) is 4.74 Å². The number of aliphatic hydroxyl groups is 1. The van der Waals surface area contributed by atoms with Crippen LogP contribution in [-0.4, -0.2) is 18.0 Å². The third-order valence-electron chi connectivity index (χ3n) is 0.934. The van der Waals surface area contributed by atoms with Crippen LogP contribution in [0.25, 0.3) is 0 Å². The van der Waals surface area contributed by atoms with Gasteiger partial charge in [-0.3, -0.25) is 0 Å². The van der Waals surface area contributed by atoms with E-state index in [-0.39, 0.29) is 12.9 Å². The SMILES string of the molecule is CC[C@H](C)OCO. The van der Waals surface area contributed by atoms with Crippen molar-refractivity contribution in [2.75, 3.05) is 6.79 Å². The molecule has 0 heterocycles. The molecule has 0 aliphatic heterocycles. The van der Waals surface area contributed by atoms with Gasteiger partial charge in [0.15, 0.2) is 0 Å². The van der Waals surface area contributed by atoms with E-state index in [1.165, 1.54) is 0 Å². The summed E-state index contributed by atoms with van der Waals surface area (Å²) in [6.07, 6.45) is 1.16. The molecule has 0 aliphatic carbocycles. The maximum absolute atomic E-state index is 8.15. The molecule has 1 atom stereocenters. The molecule has 44 valence electrons. The first kappa shape index (κ1) is 6.92. The minimum Gasteiger partial charge on any atom is -0.371 e. The fraction of sp³-hybridized carbons (Fsp3) is 1.00. The van der Waals surface area contributed by atoms with Crippen molar-refractivity contribution in [3.8, 4) is 0 Å². The van der Waals surface area contributed by atoms with E-state index in [0.29, 0.717) is 0 Å². The number of rotatable bonds is 3. The summed E-state index contributed by atoms with van der Waals surface area (Å²) in [7, 11) is 0. The van der Waals surface area contributed by atoms with E-state index in [4.69, 9.17) is 9.84 Å². The molecule has 0 fully saturated rings. The number of hydrogen-bond donors (Lipinski definition) is 1. The van der Waals surface area contributed by atoms with Crippen LogP contribution < -0.4 is 0 Å². The van der Waals surface area contributed by atoms with Crippen LogP contribution in [0.3, 0.4) is 0 Å². The molecule has 0 aromatic carbocycles. The van der Waals surface area contributed by atoms with Gasteiger partial charge in [0.25, 0.3) is 0 Å². The second-order valence-electron chi connectivity index (χ2n) is 1.51. The Morgan fingerprint density at radius 1 is 1.71 bits per heavy atom. The lowest BCUT2D eigenvalue weighted by Gasteiger charge is -2.04. The first-order valence-electron chi connectivity index (χ1n) is 2.53. The summed E-state index contributed by atoms with van der Waals surface area (Å²) < 4.78 is 4.75. The average Bonchev–Trinajstić information content (AvgIpc) is 1.68. The molecule has 0 spiro atoms. The van der Waals surface area contributed by atoms with Crippen molar-refractivity contribution in [3.63, 3.8) is 0 Å². The van der Waals surface area contributed by atoms with Crippen molar-refractivity contribution < 1.29 is 9.84 Å². The van der Waals surface area contributed by atoms with Crippen LogP contribution in [0, 0.1) is 0 Å². The molecule has 2 heteroatoms. The van der Waals surface area contributed by atoms with Crippen molar-refractivity contribution in [1.82, 2.24) is 0 Å². The lowest BCUT2D eigenvalue weighted by atomic mass is 10.3. The zero-order valence-electron chi connectivity index (χ0n) is 4.85. The van der Waals surface area contributed by atoms with Crippen LogP contribution in [0.5, 0.6) is 0 Å². The molecule has 0 saturated heterocycles. The fourth-order valence-electron chi connectivity index (χ4n) is 0.245. The third-order valence-corrected chi connectivity index (χ3v) is 0.934. The summed E-state index contributed by atoms with van der Waals surface area (Å²) in [5.74, 6) is 0. The Hall–Kier alpha value is -0.0800. The Labute approximate surface area is 44.1 Å². The van der Waals surface area contributed by atoms with E-state index >= 15 is 0 Å². The van der Waals surface area contributed by atoms with Gasteiger partial charge in [-0.2, -0.15) is 0 Å². The number of ether oxygens (including phenoxy) is 1. The Kier molecular flexibility index (Phi) is 4.04. The lowest BCUT2D eigenvalue weighted by Crippen LogP contribution is -2.06. The molecule has 0 unspecified atom stereocenters. The normalized spacial score (nSPS) is 14.1. The third kappa shape index (κ3) is 3.76. The molecular weight excluding hydrogens is 92.1 g/mol.